The zero-order chi connectivity index (χ0) is 26.7. The van der Waals surface area contributed by atoms with Crippen LogP contribution in [0.2, 0.25) is 0 Å². The van der Waals surface area contributed by atoms with Gasteiger partial charge in [-0.2, -0.15) is 13.2 Å². The zero-order valence-corrected chi connectivity index (χ0v) is 20.9. The number of nitrogens with zero attached hydrogens (tertiary/aromatic N) is 4. The number of fused-ring (bicyclic) bond motifs is 1. The SMILES string of the molecule is Cn1ccc2nc(-c3cccc(NC(=S)Nc4cccc(C(F)(F)F)c4)c3)nc(NCc3cccnc3)c21. The van der Waals surface area contributed by atoms with Crippen molar-refractivity contribution in [2.45, 2.75) is 12.7 Å². The summed E-state index contributed by atoms with van der Waals surface area (Å²) in [7, 11) is 1.93. The summed E-state index contributed by atoms with van der Waals surface area (Å²) in [5.41, 5.74) is 3.53. The maximum atomic E-state index is 13.0. The predicted molar refractivity (Wildman–Crippen MR) is 147 cm³/mol. The highest BCUT2D eigenvalue weighted by molar-refractivity contribution is 7.80. The molecule has 0 amide bonds. The fourth-order valence-corrected chi connectivity index (χ4v) is 4.17. The number of aromatic nitrogens is 4. The van der Waals surface area contributed by atoms with Crippen LogP contribution in [0, 0.1) is 0 Å². The van der Waals surface area contributed by atoms with Crippen LogP contribution < -0.4 is 16.0 Å². The number of hydrogen-bond donors (Lipinski definition) is 3. The molecule has 0 aliphatic heterocycles. The largest absolute Gasteiger partial charge is 0.416 e. The summed E-state index contributed by atoms with van der Waals surface area (Å²) < 4.78 is 41.0. The van der Waals surface area contributed by atoms with Crippen molar-refractivity contribution in [2.24, 2.45) is 7.05 Å². The van der Waals surface area contributed by atoms with Crippen LogP contribution in [0.5, 0.6) is 0 Å². The third kappa shape index (κ3) is 5.73. The van der Waals surface area contributed by atoms with Crippen molar-refractivity contribution in [3.63, 3.8) is 0 Å². The van der Waals surface area contributed by atoms with Crippen LogP contribution in [0.4, 0.5) is 30.4 Å². The second kappa shape index (κ2) is 10.5. The molecule has 0 unspecified atom stereocenters. The molecule has 0 saturated heterocycles. The van der Waals surface area contributed by atoms with Crippen LogP contribution in [-0.4, -0.2) is 24.6 Å². The van der Waals surface area contributed by atoms with Crippen molar-refractivity contribution in [3.05, 3.63) is 96.4 Å². The van der Waals surface area contributed by atoms with Crippen LogP contribution in [0.3, 0.4) is 0 Å². The summed E-state index contributed by atoms with van der Waals surface area (Å²) in [6.07, 6.45) is 1.01. The van der Waals surface area contributed by atoms with Crippen LogP contribution >= 0.6 is 12.2 Å². The number of rotatable bonds is 6. The van der Waals surface area contributed by atoms with E-state index in [-0.39, 0.29) is 10.8 Å². The summed E-state index contributed by atoms with van der Waals surface area (Å²) in [5, 5.41) is 9.36. The number of pyridine rings is 1. The Morgan fingerprint density at radius 3 is 2.45 bits per heavy atom. The second-order valence-electron chi connectivity index (χ2n) is 8.51. The molecule has 0 atom stereocenters. The highest BCUT2D eigenvalue weighted by atomic mass is 32.1. The van der Waals surface area contributed by atoms with Gasteiger partial charge in [-0.05, 0) is 60.2 Å². The first-order valence-electron chi connectivity index (χ1n) is 11.6. The number of anilines is 3. The number of nitrogens with one attached hydrogen (secondary N) is 3. The number of thiocarbonyl (C=S) groups is 1. The lowest BCUT2D eigenvalue weighted by atomic mass is 10.2. The van der Waals surface area contributed by atoms with Gasteiger partial charge in [0.05, 0.1) is 11.1 Å². The second-order valence-corrected chi connectivity index (χ2v) is 8.92. The van der Waals surface area contributed by atoms with Gasteiger partial charge in [0, 0.05) is 49.1 Å². The van der Waals surface area contributed by atoms with Crippen LogP contribution in [-0.2, 0) is 19.8 Å². The summed E-state index contributed by atoms with van der Waals surface area (Å²) in [5.74, 6) is 1.19. The van der Waals surface area contributed by atoms with Crippen LogP contribution in [0.15, 0.2) is 85.3 Å². The smallest absolute Gasteiger partial charge is 0.364 e. The van der Waals surface area contributed by atoms with Crippen LogP contribution in [0.25, 0.3) is 22.4 Å². The average Bonchev–Trinajstić information content (AvgIpc) is 3.28. The minimum absolute atomic E-state index is 0.153. The third-order valence-corrected chi connectivity index (χ3v) is 5.93. The Kier molecular flexibility index (Phi) is 6.93. The van der Waals surface area contributed by atoms with E-state index in [1.807, 2.05) is 54.2 Å². The first kappa shape index (κ1) is 25.2. The zero-order valence-electron chi connectivity index (χ0n) is 20.1. The fraction of sp³-hybridized carbons (Fsp3) is 0.111. The molecule has 0 spiro atoms. The Morgan fingerprint density at radius 2 is 1.71 bits per heavy atom. The summed E-state index contributed by atoms with van der Waals surface area (Å²) >= 11 is 5.33. The average molecular weight is 534 g/mol. The van der Waals surface area contributed by atoms with Crippen molar-refractivity contribution in [2.75, 3.05) is 16.0 Å². The van der Waals surface area contributed by atoms with Gasteiger partial charge in [0.25, 0.3) is 0 Å². The van der Waals surface area contributed by atoms with E-state index in [1.54, 1.807) is 18.5 Å². The van der Waals surface area contributed by atoms with Gasteiger partial charge in [-0.1, -0.05) is 24.3 Å². The van der Waals surface area contributed by atoms with Crippen molar-refractivity contribution < 1.29 is 13.2 Å². The van der Waals surface area contributed by atoms with Crippen molar-refractivity contribution >= 4 is 45.6 Å². The minimum Gasteiger partial charge on any atom is -0.364 e. The maximum Gasteiger partial charge on any atom is 0.416 e. The molecule has 11 heteroatoms. The highest BCUT2D eigenvalue weighted by Gasteiger charge is 2.30. The molecular formula is C27H22F3N7S. The lowest BCUT2D eigenvalue weighted by molar-refractivity contribution is -0.137. The minimum atomic E-state index is -4.44. The molecule has 3 N–H and O–H groups in total. The van der Waals surface area contributed by atoms with Crippen molar-refractivity contribution in [3.8, 4) is 11.4 Å². The van der Waals surface area contributed by atoms with E-state index in [0.29, 0.717) is 23.9 Å². The standard InChI is InChI=1S/C27H22F3N7S/c1-37-12-10-22-23(37)25(32-16-17-5-4-11-31-15-17)36-24(35-22)18-6-2-8-20(13-18)33-26(38)34-21-9-3-7-19(14-21)27(28,29)30/h2-15H,16H2,1H3,(H,32,35,36)(H2,33,34,38). The number of halogens is 3. The maximum absolute atomic E-state index is 13.0. The Labute approximate surface area is 221 Å². The molecule has 192 valence electrons. The number of aryl methyl sites for hydroxylation is 1. The Morgan fingerprint density at radius 1 is 0.947 bits per heavy atom. The molecule has 5 rings (SSSR count). The normalized spacial score (nSPS) is 11.4. The van der Waals surface area contributed by atoms with Gasteiger partial charge in [-0.15, -0.1) is 0 Å². The van der Waals surface area contributed by atoms with E-state index in [9.17, 15) is 13.2 Å². The van der Waals surface area contributed by atoms with Gasteiger partial charge >= 0.3 is 6.18 Å². The first-order chi connectivity index (χ1) is 18.3. The Hall–Kier alpha value is -4.51. The Bertz CT molecular complexity index is 1600. The monoisotopic (exact) mass is 533 g/mol. The first-order valence-corrected chi connectivity index (χ1v) is 12.0. The fourth-order valence-electron chi connectivity index (χ4n) is 3.94. The van der Waals surface area contributed by atoms with Crippen molar-refractivity contribution in [1.82, 2.24) is 19.5 Å². The molecule has 0 aliphatic rings. The lowest BCUT2D eigenvalue weighted by Crippen LogP contribution is -2.19. The molecule has 0 aliphatic carbocycles. The van der Waals surface area contributed by atoms with Crippen molar-refractivity contribution in [1.29, 1.82) is 0 Å². The topological polar surface area (TPSA) is 79.7 Å². The molecule has 38 heavy (non-hydrogen) atoms. The van der Waals surface area contributed by atoms with Gasteiger partial charge in [-0.3, -0.25) is 4.98 Å². The lowest BCUT2D eigenvalue weighted by Gasteiger charge is -2.14. The number of hydrogen-bond acceptors (Lipinski definition) is 5. The number of benzene rings is 2. The molecular weight excluding hydrogens is 511 g/mol. The van der Waals surface area contributed by atoms with E-state index in [4.69, 9.17) is 22.2 Å². The quantitative estimate of drug-likeness (QED) is 0.216. The molecule has 2 aromatic carbocycles. The van der Waals surface area contributed by atoms with Gasteiger partial charge in [0.1, 0.15) is 5.52 Å². The van der Waals surface area contributed by atoms with E-state index in [2.05, 4.69) is 20.9 Å². The molecule has 0 fully saturated rings. The molecule has 7 nitrogen and oxygen atoms in total. The van der Waals surface area contributed by atoms with E-state index in [1.165, 1.54) is 12.1 Å². The van der Waals surface area contributed by atoms with Gasteiger partial charge in [0.15, 0.2) is 16.8 Å². The molecule has 0 saturated carbocycles. The molecule has 3 heterocycles. The van der Waals surface area contributed by atoms with E-state index in [0.717, 1.165) is 34.3 Å². The predicted octanol–water partition coefficient (Wildman–Crippen LogP) is 6.47. The molecule has 5 aromatic rings. The number of alkyl halides is 3. The summed E-state index contributed by atoms with van der Waals surface area (Å²) in [4.78, 5) is 13.7. The molecule has 0 bridgehead atoms. The van der Waals surface area contributed by atoms with E-state index < -0.39 is 11.7 Å². The molecule has 3 aromatic heterocycles. The van der Waals surface area contributed by atoms with Gasteiger partial charge in [-0.25, -0.2) is 9.97 Å². The molecule has 0 radical (unpaired) electrons. The van der Waals surface area contributed by atoms with Gasteiger partial charge in [0.2, 0.25) is 0 Å². The summed E-state index contributed by atoms with van der Waals surface area (Å²) in [6.45, 7) is 0.543. The van der Waals surface area contributed by atoms with E-state index >= 15 is 0 Å². The van der Waals surface area contributed by atoms with Crippen LogP contribution in [0.1, 0.15) is 11.1 Å². The Balaban J connectivity index is 1.37. The third-order valence-electron chi connectivity index (χ3n) is 5.73. The summed E-state index contributed by atoms with van der Waals surface area (Å²) in [6, 6.07) is 18.0. The highest BCUT2D eigenvalue weighted by Crippen LogP contribution is 2.31. The van der Waals surface area contributed by atoms with Gasteiger partial charge < -0.3 is 20.5 Å².